The summed E-state index contributed by atoms with van der Waals surface area (Å²) in [5.41, 5.74) is 6.40. The van der Waals surface area contributed by atoms with E-state index in [2.05, 4.69) is 54.1 Å². The number of piperazine rings is 1. The molecule has 3 aliphatic rings. The first kappa shape index (κ1) is 21.1. The Balaban J connectivity index is 1.20. The Morgan fingerprint density at radius 1 is 1.12 bits per heavy atom. The highest BCUT2D eigenvalue weighted by Gasteiger charge is 2.24. The number of amides is 2. The van der Waals surface area contributed by atoms with E-state index in [9.17, 15) is 4.79 Å². The molecule has 1 saturated heterocycles. The van der Waals surface area contributed by atoms with E-state index in [1.165, 1.54) is 10.5 Å². The van der Waals surface area contributed by atoms with Gasteiger partial charge in [0.1, 0.15) is 5.65 Å². The number of rotatable bonds is 3. The molecule has 3 aromatic rings. The molecule has 170 valence electrons. The summed E-state index contributed by atoms with van der Waals surface area (Å²) >= 11 is -0.144. The second-order valence-corrected chi connectivity index (χ2v) is 12.0. The number of carbonyl (C=O) groups is 1. The third-order valence-electron chi connectivity index (χ3n) is 6.23. The Kier molecular flexibility index (Phi) is 5.80. The van der Waals surface area contributed by atoms with E-state index in [1.54, 1.807) is 0 Å². The summed E-state index contributed by atoms with van der Waals surface area (Å²) in [6.45, 7) is 4.71. The van der Waals surface area contributed by atoms with Gasteiger partial charge in [-0.25, -0.2) is 12.9 Å². The van der Waals surface area contributed by atoms with Crippen LogP contribution in [0.25, 0.3) is 16.6 Å². The first-order chi connectivity index (χ1) is 16.2. The number of aromatic nitrogens is 2. The molecule has 0 spiro atoms. The summed E-state index contributed by atoms with van der Waals surface area (Å²) in [6.07, 6.45) is 4.84. The average Bonchev–Trinajstić information content (AvgIpc) is 3.52. The highest BCUT2D eigenvalue weighted by molar-refractivity contribution is 14.2. The minimum Gasteiger partial charge on any atom is -0.355 e. The second kappa shape index (κ2) is 9.07. The van der Waals surface area contributed by atoms with Gasteiger partial charge in [-0.1, -0.05) is 6.08 Å². The summed E-state index contributed by atoms with van der Waals surface area (Å²) in [4.78, 5) is 26.0. The number of hydrogen-bond acceptors (Lipinski definition) is 6. The molecule has 0 atom stereocenters. The first-order valence-electron chi connectivity index (χ1n) is 11.1. The lowest BCUT2D eigenvalue weighted by atomic mass is 10.0. The third kappa shape index (κ3) is 4.26. The van der Waals surface area contributed by atoms with Crippen LogP contribution in [0.2, 0.25) is 0 Å². The summed E-state index contributed by atoms with van der Waals surface area (Å²) < 4.78 is 4.59. The van der Waals surface area contributed by atoms with Crippen molar-refractivity contribution in [3.8, 4) is 0 Å². The lowest BCUT2D eigenvalue weighted by molar-refractivity contribution is 0.151. The molecule has 1 fully saturated rings. The van der Waals surface area contributed by atoms with Crippen LogP contribution in [-0.4, -0.2) is 65.1 Å². The maximum absolute atomic E-state index is 12.8. The number of pyridine rings is 1. The number of hydrogen-bond donors (Lipinski definition) is 3. The van der Waals surface area contributed by atoms with Crippen LogP contribution < -0.4 is 10.6 Å². The third-order valence-corrected chi connectivity index (χ3v) is 9.98. The Bertz CT molecular complexity index is 1280. The normalized spacial score (nSPS) is 18.1. The fourth-order valence-electron chi connectivity index (χ4n) is 4.42. The average molecular weight is 573 g/mol. The number of fused-ring (bicyclic) bond motifs is 2. The van der Waals surface area contributed by atoms with Crippen LogP contribution in [0, 0.1) is 0 Å². The van der Waals surface area contributed by atoms with E-state index in [4.69, 9.17) is 0 Å². The smallest absolute Gasteiger partial charge is 0.320 e. The molecular weight excluding hydrogens is 549 g/mol. The SMILES string of the molecule is O=C(N1CC=C(c2cc3c(Nc4ccc5c(c4)SI=N5)ccnc3[nH]2)CC1)N1CCNCC1. The molecule has 0 unspecified atom stereocenters. The zero-order chi connectivity index (χ0) is 22.2. The minimum absolute atomic E-state index is 0.144. The van der Waals surface area contributed by atoms with Crippen molar-refractivity contribution in [1.82, 2.24) is 25.1 Å². The van der Waals surface area contributed by atoms with Crippen molar-refractivity contribution in [3.63, 3.8) is 0 Å². The molecule has 2 aromatic heterocycles. The van der Waals surface area contributed by atoms with Crippen LogP contribution in [0.15, 0.2) is 50.6 Å². The highest BCUT2D eigenvalue weighted by Crippen LogP contribution is 2.48. The molecule has 6 rings (SSSR count). The number of urea groups is 1. The molecule has 5 heterocycles. The summed E-state index contributed by atoms with van der Waals surface area (Å²) in [5.74, 6) is 0. The fraction of sp³-hybridized carbons (Fsp3) is 0.304. The van der Waals surface area contributed by atoms with Crippen LogP contribution in [-0.2, 0) is 0 Å². The van der Waals surface area contributed by atoms with Crippen molar-refractivity contribution in [1.29, 1.82) is 0 Å². The van der Waals surface area contributed by atoms with E-state index in [1.807, 2.05) is 31.0 Å². The molecule has 3 aliphatic heterocycles. The number of carbonyl (C=O) groups excluding carboxylic acids is 1. The molecule has 0 bridgehead atoms. The van der Waals surface area contributed by atoms with Gasteiger partial charge in [-0.2, -0.15) is 0 Å². The van der Waals surface area contributed by atoms with E-state index >= 15 is 0 Å². The quantitative estimate of drug-likeness (QED) is 0.374. The van der Waals surface area contributed by atoms with Crippen LogP contribution in [0.3, 0.4) is 0 Å². The van der Waals surface area contributed by atoms with Crippen LogP contribution in [0.5, 0.6) is 0 Å². The van der Waals surface area contributed by atoms with Gasteiger partial charge in [-0.05, 0) is 51.3 Å². The summed E-state index contributed by atoms with van der Waals surface area (Å²) in [6, 6.07) is 10.7. The fourth-order valence-corrected chi connectivity index (χ4v) is 8.18. The molecule has 3 N–H and O–H groups in total. The Morgan fingerprint density at radius 3 is 2.88 bits per heavy atom. The zero-order valence-electron chi connectivity index (χ0n) is 18.0. The maximum atomic E-state index is 12.8. The lowest BCUT2D eigenvalue weighted by Gasteiger charge is -2.34. The Labute approximate surface area is 204 Å². The molecule has 2 amide bonds. The van der Waals surface area contributed by atoms with Gasteiger partial charge in [0.15, 0.2) is 0 Å². The standard InChI is InChI=1S/C23H24IN7OS/c32-23(31-11-7-25-8-12-31)30-9-4-15(5-10-30)20-14-17-18(3-6-26-22(17)28-20)27-16-1-2-19-21(13-16)33-24-29-19/h1-4,6,13-14,25H,5,7-12H2,(H2,26,27,28). The first-order valence-corrected chi connectivity index (χ1v) is 15.4. The molecule has 0 aliphatic carbocycles. The largest absolute Gasteiger partial charge is 0.355 e. The molecule has 0 radical (unpaired) electrons. The predicted molar refractivity (Wildman–Crippen MR) is 142 cm³/mol. The molecule has 0 saturated carbocycles. The van der Waals surface area contributed by atoms with E-state index in [0.29, 0.717) is 6.54 Å². The topological polar surface area (TPSA) is 88.6 Å². The second-order valence-electron chi connectivity index (χ2n) is 8.29. The number of halogens is 1. The molecular formula is C23H24IN7OS. The van der Waals surface area contributed by atoms with E-state index in [0.717, 1.165) is 72.9 Å². The van der Waals surface area contributed by atoms with E-state index in [-0.39, 0.29) is 25.7 Å². The van der Waals surface area contributed by atoms with Gasteiger partial charge in [-0.15, -0.1) is 0 Å². The number of benzene rings is 1. The van der Waals surface area contributed by atoms with Gasteiger partial charge in [0.05, 0.1) is 31.0 Å². The number of nitrogens with zero attached hydrogens (tertiary/aromatic N) is 4. The van der Waals surface area contributed by atoms with Crippen molar-refractivity contribution < 1.29 is 4.79 Å². The minimum atomic E-state index is -0.144. The van der Waals surface area contributed by atoms with Crippen LogP contribution in [0.4, 0.5) is 21.9 Å². The number of anilines is 2. The Hall–Kier alpha value is -2.44. The van der Waals surface area contributed by atoms with Gasteiger partial charge in [0.2, 0.25) is 0 Å². The van der Waals surface area contributed by atoms with Crippen LogP contribution in [0.1, 0.15) is 12.1 Å². The van der Waals surface area contributed by atoms with Gasteiger partial charge >= 0.3 is 6.03 Å². The molecule has 8 nitrogen and oxygen atoms in total. The van der Waals surface area contributed by atoms with Crippen LogP contribution >= 0.6 is 28.6 Å². The predicted octanol–water partition coefficient (Wildman–Crippen LogP) is 5.23. The molecule has 10 heteroatoms. The zero-order valence-corrected chi connectivity index (χ0v) is 20.9. The van der Waals surface area contributed by atoms with Gasteiger partial charge in [0.25, 0.3) is 0 Å². The lowest BCUT2D eigenvalue weighted by Crippen LogP contribution is -2.52. The molecule has 33 heavy (non-hydrogen) atoms. The van der Waals surface area contributed by atoms with Crippen molar-refractivity contribution in [3.05, 3.63) is 48.3 Å². The van der Waals surface area contributed by atoms with Crippen molar-refractivity contribution in [2.45, 2.75) is 11.3 Å². The van der Waals surface area contributed by atoms with Gasteiger partial charge < -0.3 is 25.4 Å². The van der Waals surface area contributed by atoms with E-state index < -0.39 is 0 Å². The van der Waals surface area contributed by atoms with Crippen molar-refractivity contribution >= 4 is 68.3 Å². The van der Waals surface area contributed by atoms with Gasteiger partial charge in [0, 0.05) is 67.1 Å². The van der Waals surface area contributed by atoms with Gasteiger partial charge in [-0.3, -0.25) is 0 Å². The van der Waals surface area contributed by atoms with Crippen molar-refractivity contribution in [2.24, 2.45) is 3.15 Å². The highest BCUT2D eigenvalue weighted by atomic mass is 127. The summed E-state index contributed by atoms with van der Waals surface area (Å²) in [5, 5.41) is 7.93. The Morgan fingerprint density at radius 2 is 2.03 bits per heavy atom. The number of nitrogens with one attached hydrogen (secondary N) is 3. The van der Waals surface area contributed by atoms with Crippen molar-refractivity contribution in [2.75, 3.05) is 44.6 Å². The summed E-state index contributed by atoms with van der Waals surface area (Å²) in [7, 11) is 1.87. The molecule has 1 aromatic carbocycles. The monoisotopic (exact) mass is 573 g/mol. The number of aromatic amines is 1. The maximum Gasteiger partial charge on any atom is 0.320 e. The number of H-pyrrole nitrogens is 1.